The first kappa shape index (κ1) is 60.2. The van der Waals surface area contributed by atoms with Crippen molar-refractivity contribution in [2.24, 2.45) is 0 Å². The Morgan fingerprint density at radius 1 is 0.569 bits per heavy atom. The Kier molecular flexibility index (Phi) is 22.8. The number of likely N-dealkylation sites (N-methyl/N-ethyl adjacent to an activating group) is 2. The van der Waals surface area contributed by atoms with Gasteiger partial charge in [-0.3, -0.25) is 0 Å². The normalized spacial score (nSPS) is 18.9. The second kappa shape index (κ2) is 27.3. The van der Waals surface area contributed by atoms with Crippen LogP contribution in [-0.2, 0) is 104 Å². The number of quaternary nitrogens is 2. The monoisotopic (exact) mass is 1150 g/mol. The maximum atomic E-state index is 13.2. The molecule has 0 amide bonds. The average molecular weight is 1150 g/mol. The molecule has 0 aliphatic carbocycles. The number of nitrogens with zero attached hydrogens (tertiary/aromatic N) is 2. The van der Waals surface area contributed by atoms with E-state index in [1.54, 1.807) is 78.0 Å². The van der Waals surface area contributed by atoms with Crippen LogP contribution in [0.3, 0.4) is 0 Å². The van der Waals surface area contributed by atoms with Gasteiger partial charge in [0.2, 0.25) is 11.5 Å². The van der Waals surface area contributed by atoms with Gasteiger partial charge in [-0.05, 0) is 49.6 Å². The first-order valence-corrected chi connectivity index (χ1v) is 23.3. The van der Waals surface area contributed by atoms with E-state index in [1.807, 2.05) is 36.4 Å². The van der Waals surface area contributed by atoms with E-state index < -0.39 is 11.9 Å². The summed E-state index contributed by atoms with van der Waals surface area (Å²) in [4.78, 5) is 26.3. The number of benzene rings is 4. The summed E-state index contributed by atoms with van der Waals surface area (Å²) < 4.78 is 69.5. The van der Waals surface area contributed by atoms with Crippen molar-refractivity contribution in [3.63, 3.8) is 0 Å². The molecule has 16 nitrogen and oxygen atoms in total. The molecule has 2 aliphatic heterocycles. The Morgan fingerprint density at radius 2 is 1.01 bits per heavy atom. The summed E-state index contributed by atoms with van der Waals surface area (Å²) in [5.41, 5.74) is 6.31. The van der Waals surface area contributed by atoms with Crippen LogP contribution in [0.15, 0.2) is 48.0 Å². The van der Waals surface area contributed by atoms with Crippen molar-refractivity contribution >= 4 is 11.9 Å². The van der Waals surface area contributed by atoms with E-state index in [9.17, 15) is 9.59 Å². The number of hydrogen-bond acceptors (Lipinski definition) is 14. The number of ether oxygens (including phenoxy) is 12. The molecule has 4 aromatic rings. The maximum absolute atomic E-state index is 13.2. The Hall–Kier alpha value is -4.31. The van der Waals surface area contributed by atoms with E-state index in [0.717, 1.165) is 59.3 Å². The summed E-state index contributed by atoms with van der Waals surface area (Å²) in [6.07, 6.45) is 4.50. The molecule has 6 rings (SSSR count). The number of carbonyl (C=O) groups is 2. The van der Waals surface area contributed by atoms with Gasteiger partial charge < -0.3 is 65.8 Å². The van der Waals surface area contributed by atoms with Gasteiger partial charge in [-0.15, -0.1) is 35.4 Å². The van der Waals surface area contributed by atoms with Crippen molar-refractivity contribution in [2.75, 3.05) is 125 Å². The number of hydrogen-bond donors (Lipinski definition) is 0. The quantitative estimate of drug-likeness (QED) is 0.0242. The molecule has 2 radical (unpaired) electrons. The van der Waals surface area contributed by atoms with Crippen molar-refractivity contribution in [3.8, 4) is 57.5 Å². The molecule has 2 aliphatic rings. The molecule has 0 fully saturated rings. The molecule has 2 heterocycles. The third kappa shape index (κ3) is 13.3. The molecule has 0 aromatic heterocycles. The molecule has 4 atom stereocenters. The van der Waals surface area contributed by atoms with Crippen LogP contribution in [0.2, 0.25) is 0 Å². The van der Waals surface area contributed by atoms with Crippen LogP contribution in [0.5, 0.6) is 57.5 Å². The largest absolute Gasteiger partial charge is 0.551 e. The second-order valence-corrected chi connectivity index (χ2v) is 17.9. The van der Waals surface area contributed by atoms with Gasteiger partial charge in [-0.1, -0.05) is 11.1 Å². The van der Waals surface area contributed by atoms with Crippen molar-refractivity contribution in [1.82, 2.24) is 0 Å². The van der Waals surface area contributed by atoms with E-state index in [4.69, 9.17) is 56.8 Å². The fraction of sp³-hybridized carbons (Fsp3) is 0.481. The number of esters is 2. The van der Waals surface area contributed by atoms with E-state index in [1.165, 1.54) is 6.08 Å². The van der Waals surface area contributed by atoms with Gasteiger partial charge in [-0.25, -0.2) is 9.59 Å². The molecular weight excluding hydrogens is 1080 g/mol. The summed E-state index contributed by atoms with van der Waals surface area (Å²) in [5, 5.41) is 0. The molecule has 0 saturated carbocycles. The van der Waals surface area contributed by atoms with E-state index in [-0.39, 0.29) is 96.3 Å². The minimum absolute atomic E-state index is 0. The van der Waals surface area contributed by atoms with Gasteiger partial charge in [0.25, 0.3) is 0 Å². The molecule has 0 bridgehead atoms. The topological polar surface area (TPSA) is 145 Å². The van der Waals surface area contributed by atoms with Gasteiger partial charge in [0.05, 0.1) is 131 Å². The minimum Gasteiger partial charge on any atom is -0.551 e. The van der Waals surface area contributed by atoms with Crippen LogP contribution >= 0.6 is 0 Å². The molecule has 386 valence electrons. The zero-order chi connectivity index (χ0) is 50.8. The molecule has 0 N–H and O–H groups in total. The molecule has 0 spiro atoms. The van der Waals surface area contributed by atoms with Crippen LogP contribution in [0.4, 0.5) is 0 Å². The van der Waals surface area contributed by atoms with E-state index >= 15 is 0 Å². The van der Waals surface area contributed by atoms with Gasteiger partial charge in [0.1, 0.15) is 6.04 Å². The number of fused-ring (bicyclic) bond motifs is 2. The van der Waals surface area contributed by atoms with E-state index in [2.05, 4.69) is 26.2 Å². The first-order chi connectivity index (χ1) is 33.7. The molecular formula is C54H70N2O14Y2. The van der Waals surface area contributed by atoms with Crippen molar-refractivity contribution < 1.29 is 141 Å². The predicted molar refractivity (Wildman–Crippen MR) is 261 cm³/mol. The van der Waals surface area contributed by atoms with Crippen LogP contribution in [-0.4, -0.2) is 145 Å². The Labute approximate surface area is 475 Å². The molecule has 0 saturated heterocycles. The third-order valence-corrected chi connectivity index (χ3v) is 13.8. The van der Waals surface area contributed by atoms with Crippen molar-refractivity contribution in [2.45, 2.75) is 51.1 Å². The van der Waals surface area contributed by atoms with Gasteiger partial charge in [0.15, 0.2) is 23.0 Å². The SMILES string of the molecule is COc1[c-]c2c(cc1OC)CC[N+](C)(CCCOC(=O)C(C)=CC(=O)OCCC[N+]1(C)CCc3cc(OC)c(OC)[c-]c3C1c1cc(OC)c(OC)c(OC)c1)C2Cc1cc(OC)c(OC)c(OC)c1.[Y].[Y]. The summed E-state index contributed by atoms with van der Waals surface area (Å²) in [6, 6.07) is 18.7. The predicted octanol–water partition coefficient (Wildman–Crippen LogP) is 7.26. The minimum atomic E-state index is -0.615. The van der Waals surface area contributed by atoms with Gasteiger partial charge >= 0.3 is 11.9 Å². The third-order valence-electron chi connectivity index (χ3n) is 13.8. The Balaban J connectivity index is 0.00000562. The van der Waals surface area contributed by atoms with Gasteiger partial charge in [-0.2, -0.15) is 0 Å². The average Bonchev–Trinajstić information content (AvgIpc) is 3.37. The molecule has 4 aromatic carbocycles. The fourth-order valence-corrected chi connectivity index (χ4v) is 10.0. The number of rotatable bonds is 23. The molecule has 72 heavy (non-hydrogen) atoms. The van der Waals surface area contributed by atoms with E-state index in [0.29, 0.717) is 98.8 Å². The fourth-order valence-electron chi connectivity index (χ4n) is 10.0. The number of methoxy groups -OCH3 is 10. The van der Waals surface area contributed by atoms with Crippen molar-refractivity contribution in [1.29, 1.82) is 0 Å². The second-order valence-electron chi connectivity index (χ2n) is 17.9. The standard InChI is InChI=1S/C54H70N2O14.2Y/c1-34(24-50(57)69-22-15-19-56(3)21-17-37-29-43(60-5)45(62-7)33-40(37)51(56)38-30-48(65-10)53(68-13)49(31-38)66-11)54(58)70-23-14-18-55(2)20-16-36-28-42(59-4)44(61-6)32-39(36)41(55)25-35-26-46(63-8)52(67-12)47(27-35)64-9;;/h24,26-31,41,51H,14-23,25H2,1-13H3;;. The molecule has 4 unspecified atom stereocenters. The zero-order valence-electron chi connectivity index (χ0n) is 44.2. The Bertz CT molecular complexity index is 2490. The van der Waals surface area contributed by atoms with Crippen molar-refractivity contribution in [3.05, 3.63) is 93.6 Å². The first-order valence-electron chi connectivity index (χ1n) is 23.3. The maximum Gasteiger partial charge on any atom is 0.333 e. The van der Waals surface area contributed by atoms with Crippen LogP contribution in [0.1, 0.15) is 65.2 Å². The van der Waals surface area contributed by atoms with Crippen LogP contribution in [0, 0.1) is 12.1 Å². The zero-order valence-corrected chi connectivity index (χ0v) is 49.9. The summed E-state index contributed by atoms with van der Waals surface area (Å²) in [6.45, 7) is 4.80. The smallest absolute Gasteiger partial charge is 0.333 e. The summed E-state index contributed by atoms with van der Waals surface area (Å²) >= 11 is 0. The number of carbonyl (C=O) groups excluding carboxylic acids is 2. The van der Waals surface area contributed by atoms with Crippen LogP contribution < -0.4 is 47.4 Å². The Morgan fingerprint density at radius 3 is 1.50 bits per heavy atom. The molecule has 18 heteroatoms. The summed E-state index contributed by atoms with van der Waals surface area (Å²) in [7, 11) is 20.4. The van der Waals surface area contributed by atoms with Crippen LogP contribution in [0.25, 0.3) is 0 Å². The summed E-state index contributed by atoms with van der Waals surface area (Å²) in [5.74, 6) is 4.32. The van der Waals surface area contributed by atoms with Gasteiger partial charge in [0, 0.05) is 125 Å².